The topological polar surface area (TPSA) is 79.4 Å². The molecule has 3 aromatic rings. The van der Waals surface area contributed by atoms with Crippen molar-refractivity contribution in [1.29, 1.82) is 5.26 Å². The third kappa shape index (κ3) is 3.96. The van der Waals surface area contributed by atoms with Crippen LogP contribution in [0.1, 0.15) is 11.1 Å². The molecule has 6 heteroatoms. The zero-order valence-electron chi connectivity index (χ0n) is 15.7. The van der Waals surface area contributed by atoms with Gasteiger partial charge in [-0.05, 0) is 34.5 Å². The van der Waals surface area contributed by atoms with E-state index in [-0.39, 0.29) is 5.69 Å². The number of fused-ring (bicyclic) bond motifs is 1. The van der Waals surface area contributed by atoms with Crippen molar-refractivity contribution in [2.24, 2.45) is 0 Å². The van der Waals surface area contributed by atoms with Gasteiger partial charge >= 0.3 is 0 Å². The molecular formula is C23H19N3O3. The van der Waals surface area contributed by atoms with Crippen LogP contribution in [0.15, 0.2) is 60.7 Å². The van der Waals surface area contributed by atoms with Gasteiger partial charge in [-0.2, -0.15) is 5.26 Å². The average molecular weight is 385 g/mol. The lowest BCUT2D eigenvalue weighted by Crippen LogP contribution is -2.36. The van der Waals surface area contributed by atoms with Gasteiger partial charge in [-0.15, -0.1) is 0 Å². The standard InChI is InChI=1S/C23H19N3O3/c24-16-21(19-6-5-17-3-1-2-4-18(17)13-19)14-20-15-22(26(27)28)7-8-23(20)25-9-11-29-12-10-25/h1-8,13-15H,9-12H2. The molecule has 3 aromatic carbocycles. The minimum Gasteiger partial charge on any atom is -0.378 e. The molecule has 0 saturated carbocycles. The number of ether oxygens (including phenoxy) is 1. The Morgan fingerprint density at radius 2 is 1.83 bits per heavy atom. The molecular weight excluding hydrogens is 366 g/mol. The lowest BCUT2D eigenvalue weighted by atomic mass is 9.99. The second-order valence-corrected chi connectivity index (χ2v) is 6.83. The van der Waals surface area contributed by atoms with Crippen LogP contribution in [0.5, 0.6) is 0 Å². The molecule has 0 aromatic heterocycles. The van der Waals surface area contributed by atoms with E-state index in [0.29, 0.717) is 37.4 Å². The summed E-state index contributed by atoms with van der Waals surface area (Å²) in [4.78, 5) is 13.0. The quantitative estimate of drug-likeness (QED) is 0.283. The zero-order valence-corrected chi connectivity index (χ0v) is 15.7. The van der Waals surface area contributed by atoms with Crippen LogP contribution in [0, 0.1) is 21.4 Å². The van der Waals surface area contributed by atoms with E-state index in [4.69, 9.17) is 4.74 Å². The third-order valence-corrected chi connectivity index (χ3v) is 5.05. The molecule has 0 unspecified atom stereocenters. The molecule has 0 aliphatic carbocycles. The van der Waals surface area contributed by atoms with Gasteiger partial charge in [0.25, 0.3) is 5.69 Å². The smallest absolute Gasteiger partial charge is 0.270 e. The van der Waals surface area contributed by atoms with Crippen LogP contribution in [-0.2, 0) is 4.74 Å². The number of nitro groups is 1. The number of hydrogen-bond donors (Lipinski definition) is 0. The van der Waals surface area contributed by atoms with Gasteiger partial charge in [0, 0.05) is 36.5 Å². The Bertz CT molecular complexity index is 1140. The van der Waals surface area contributed by atoms with Crippen LogP contribution in [0.3, 0.4) is 0 Å². The van der Waals surface area contributed by atoms with E-state index in [1.165, 1.54) is 12.1 Å². The molecule has 0 radical (unpaired) electrons. The van der Waals surface area contributed by atoms with Gasteiger partial charge in [0.2, 0.25) is 0 Å². The molecule has 29 heavy (non-hydrogen) atoms. The predicted molar refractivity (Wildman–Crippen MR) is 114 cm³/mol. The maximum Gasteiger partial charge on any atom is 0.270 e. The number of nitro benzene ring substituents is 1. The second-order valence-electron chi connectivity index (χ2n) is 6.83. The first-order valence-corrected chi connectivity index (χ1v) is 9.38. The minimum atomic E-state index is -0.414. The minimum absolute atomic E-state index is 0.00376. The van der Waals surface area contributed by atoms with Crippen molar-refractivity contribution in [1.82, 2.24) is 0 Å². The Kier molecular flexibility index (Phi) is 5.23. The van der Waals surface area contributed by atoms with E-state index in [0.717, 1.165) is 22.0 Å². The number of allylic oxidation sites excluding steroid dienone is 1. The molecule has 4 rings (SSSR count). The van der Waals surface area contributed by atoms with Crippen LogP contribution in [0.2, 0.25) is 0 Å². The highest BCUT2D eigenvalue weighted by molar-refractivity contribution is 5.96. The van der Waals surface area contributed by atoms with Crippen molar-refractivity contribution in [2.45, 2.75) is 0 Å². The van der Waals surface area contributed by atoms with Gasteiger partial charge in [0.1, 0.15) is 0 Å². The highest BCUT2D eigenvalue weighted by atomic mass is 16.6. The largest absolute Gasteiger partial charge is 0.378 e. The Labute approximate surface area is 168 Å². The lowest BCUT2D eigenvalue weighted by molar-refractivity contribution is -0.384. The zero-order chi connectivity index (χ0) is 20.2. The van der Waals surface area contributed by atoms with Crippen LogP contribution < -0.4 is 4.90 Å². The molecule has 1 saturated heterocycles. The van der Waals surface area contributed by atoms with Crippen molar-refractivity contribution < 1.29 is 9.66 Å². The molecule has 1 heterocycles. The molecule has 1 fully saturated rings. The number of nitrogens with zero attached hydrogens (tertiary/aromatic N) is 3. The van der Waals surface area contributed by atoms with Crippen molar-refractivity contribution in [3.8, 4) is 6.07 Å². The molecule has 0 atom stereocenters. The normalized spacial score (nSPS) is 14.6. The van der Waals surface area contributed by atoms with Gasteiger partial charge < -0.3 is 9.64 Å². The lowest BCUT2D eigenvalue weighted by Gasteiger charge is -2.30. The SMILES string of the molecule is N#CC(=Cc1cc([N+](=O)[O-])ccc1N1CCOCC1)c1ccc2ccccc2c1. The molecule has 0 spiro atoms. The van der Waals surface area contributed by atoms with Gasteiger partial charge in [-0.25, -0.2) is 0 Å². The van der Waals surface area contributed by atoms with Gasteiger partial charge in [0.05, 0.1) is 29.8 Å². The van der Waals surface area contributed by atoms with E-state index in [1.807, 2.05) is 42.5 Å². The van der Waals surface area contributed by atoms with Crippen LogP contribution >= 0.6 is 0 Å². The molecule has 0 N–H and O–H groups in total. The summed E-state index contributed by atoms with van der Waals surface area (Å²) >= 11 is 0. The predicted octanol–water partition coefficient (Wildman–Crippen LogP) is 4.65. The Balaban J connectivity index is 1.81. The van der Waals surface area contributed by atoms with Gasteiger partial charge in [0.15, 0.2) is 0 Å². The first-order valence-electron chi connectivity index (χ1n) is 9.38. The van der Waals surface area contributed by atoms with E-state index < -0.39 is 4.92 Å². The van der Waals surface area contributed by atoms with Gasteiger partial charge in [-0.1, -0.05) is 36.4 Å². The van der Waals surface area contributed by atoms with E-state index in [9.17, 15) is 15.4 Å². The van der Waals surface area contributed by atoms with E-state index in [1.54, 1.807) is 12.1 Å². The summed E-state index contributed by atoms with van der Waals surface area (Å²) in [6, 6.07) is 20.9. The monoisotopic (exact) mass is 385 g/mol. The van der Waals surface area contributed by atoms with E-state index in [2.05, 4.69) is 11.0 Å². The summed E-state index contributed by atoms with van der Waals surface area (Å²) in [6.45, 7) is 2.62. The van der Waals surface area contributed by atoms with Crippen molar-refractivity contribution in [3.63, 3.8) is 0 Å². The third-order valence-electron chi connectivity index (χ3n) is 5.05. The van der Waals surface area contributed by atoms with E-state index >= 15 is 0 Å². The number of nitriles is 1. The Hall–Kier alpha value is -3.69. The summed E-state index contributed by atoms with van der Waals surface area (Å²) in [5, 5.41) is 23.2. The highest BCUT2D eigenvalue weighted by Gasteiger charge is 2.18. The summed E-state index contributed by atoms with van der Waals surface area (Å²) in [7, 11) is 0. The molecule has 1 aliphatic heterocycles. The van der Waals surface area contributed by atoms with Gasteiger partial charge in [-0.3, -0.25) is 10.1 Å². The summed E-state index contributed by atoms with van der Waals surface area (Å²) in [6.07, 6.45) is 1.74. The van der Waals surface area contributed by atoms with Crippen molar-refractivity contribution >= 4 is 33.8 Å². The molecule has 0 amide bonds. The molecule has 144 valence electrons. The maximum absolute atomic E-state index is 11.3. The number of hydrogen-bond acceptors (Lipinski definition) is 5. The number of rotatable bonds is 4. The Morgan fingerprint density at radius 1 is 1.07 bits per heavy atom. The first kappa shape index (κ1) is 18.7. The van der Waals surface area contributed by atoms with Crippen LogP contribution in [-0.4, -0.2) is 31.2 Å². The summed E-state index contributed by atoms with van der Waals surface area (Å²) in [5.41, 5.74) is 2.78. The first-order chi connectivity index (χ1) is 14.2. The number of non-ortho nitro benzene ring substituents is 1. The Morgan fingerprint density at radius 3 is 2.55 bits per heavy atom. The average Bonchev–Trinajstić information content (AvgIpc) is 2.77. The fraction of sp³-hybridized carbons (Fsp3) is 0.174. The van der Waals surface area contributed by atoms with Crippen molar-refractivity contribution in [2.75, 3.05) is 31.2 Å². The molecule has 0 bridgehead atoms. The fourth-order valence-electron chi connectivity index (χ4n) is 3.56. The maximum atomic E-state index is 11.3. The molecule has 1 aliphatic rings. The number of morpholine rings is 1. The highest BCUT2D eigenvalue weighted by Crippen LogP contribution is 2.31. The van der Waals surface area contributed by atoms with Crippen LogP contribution in [0.4, 0.5) is 11.4 Å². The van der Waals surface area contributed by atoms with Crippen LogP contribution in [0.25, 0.3) is 22.4 Å². The van der Waals surface area contributed by atoms with Crippen molar-refractivity contribution in [3.05, 3.63) is 81.9 Å². The number of benzene rings is 3. The summed E-state index contributed by atoms with van der Waals surface area (Å²) in [5.74, 6) is 0. The fourth-order valence-corrected chi connectivity index (χ4v) is 3.56. The number of anilines is 1. The summed E-state index contributed by atoms with van der Waals surface area (Å²) < 4.78 is 5.42. The second kappa shape index (κ2) is 8.13. The molecule has 6 nitrogen and oxygen atoms in total.